The van der Waals surface area contributed by atoms with Crippen LogP contribution in [0, 0.1) is 0 Å². The molecule has 1 aliphatic heterocycles. The van der Waals surface area contributed by atoms with Crippen molar-refractivity contribution in [1.82, 2.24) is 19.5 Å². The highest BCUT2D eigenvalue weighted by Crippen LogP contribution is 2.32. The SMILES string of the molecule is OC[C@H]1O[C@@H](n2cnc3c(NO)nc(Cl)nc32)C(O)C1O. The Kier molecular flexibility index (Phi) is 3.65. The lowest BCUT2D eigenvalue weighted by molar-refractivity contribution is -0.0511. The number of hydrogen-bond donors (Lipinski definition) is 5. The van der Waals surface area contributed by atoms with Crippen molar-refractivity contribution in [3.63, 3.8) is 0 Å². The maximum absolute atomic E-state index is 10.0. The van der Waals surface area contributed by atoms with Crippen LogP contribution in [0.15, 0.2) is 6.33 Å². The molecule has 3 rings (SSSR count). The zero-order valence-electron chi connectivity index (χ0n) is 10.5. The van der Waals surface area contributed by atoms with Crippen LogP contribution in [-0.4, -0.2) is 65.0 Å². The van der Waals surface area contributed by atoms with E-state index in [9.17, 15) is 10.2 Å². The first kappa shape index (κ1) is 14.4. The molecule has 0 amide bonds. The summed E-state index contributed by atoms with van der Waals surface area (Å²) in [7, 11) is 0. The highest BCUT2D eigenvalue weighted by Gasteiger charge is 2.44. The van der Waals surface area contributed by atoms with E-state index < -0.39 is 31.1 Å². The van der Waals surface area contributed by atoms with Gasteiger partial charge in [-0.3, -0.25) is 15.3 Å². The highest BCUT2D eigenvalue weighted by molar-refractivity contribution is 6.28. The number of anilines is 1. The van der Waals surface area contributed by atoms with E-state index >= 15 is 0 Å². The van der Waals surface area contributed by atoms with Gasteiger partial charge in [-0.15, -0.1) is 0 Å². The van der Waals surface area contributed by atoms with Gasteiger partial charge < -0.3 is 20.1 Å². The maximum Gasteiger partial charge on any atom is 0.226 e. The summed E-state index contributed by atoms with van der Waals surface area (Å²) in [5.41, 5.74) is 2.25. The minimum atomic E-state index is -1.28. The number of aromatic nitrogens is 4. The molecule has 1 saturated heterocycles. The number of hydrogen-bond acceptors (Lipinski definition) is 9. The highest BCUT2D eigenvalue weighted by atomic mass is 35.5. The van der Waals surface area contributed by atoms with E-state index in [1.807, 2.05) is 5.48 Å². The van der Waals surface area contributed by atoms with Gasteiger partial charge >= 0.3 is 0 Å². The van der Waals surface area contributed by atoms with Crippen LogP contribution in [-0.2, 0) is 4.74 Å². The third kappa shape index (κ3) is 2.21. The minimum absolute atomic E-state index is 0.00417. The lowest BCUT2D eigenvalue weighted by Crippen LogP contribution is -2.33. The van der Waals surface area contributed by atoms with Crippen LogP contribution >= 0.6 is 11.6 Å². The van der Waals surface area contributed by atoms with Crippen molar-refractivity contribution in [2.24, 2.45) is 0 Å². The first-order valence-electron chi connectivity index (χ1n) is 5.99. The smallest absolute Gasteiger partial charge is 0.226 e. The second-order valence-electron chi connectivity index (χ2n) is 4.51. The number of nitrogens with zero attached hydrogens (tertiary/aromatic N) is 4. The number of aliphatic hydroxyl groups is 3. The third-order valence-electron chi connectivity index (χ3n) is 3.29. The van der Waals surface area contributed by atoms with Gasteiger partial charge in [-0.2, -0.15) is 9.97 Å². The topological polar surface area (TPSA) is 146 Å². The van der Waals surface area contributed by atoms with E-state index in [4.69, 9.17) is 26.7 Å². The van der Waals surface area contributed by atoms with Crippen LogP contribution in [0.4, 0.5) is 5.82 Å². The molecule has 2 aromatic heterocycles. The molecule has 21 heavy (non-hydrogen) atoms. The predicted molar refractivity (Wildman–Crippen MR) is 68.8 cm³/mol. The van der Waals surface area contributed by atoms with Crippen molar-refractivity contribution < 1.29 is 25.3 Å². The molecule has 1 aliphatic rings. The Hall–Kier alpha value is -1.56. The predicted octanol–water partition coefficient (Wildman–Crippen LogP) is -1.11. The number of aliphatic hydroxyl groups excluding tert-OH is 3. The lowest BCUT2D eigenvalue weighted by Gasteiger charge is -2.16. The molecule has 114 valence electrons. The monoisotopic (exact) mass is 317 g/mol. The molecule has 3 heterocycles. The van der Waals surface area contributed by atoms with Gasteiger partial charge in [-0.05, 0) is 11.6 Å². The Morgan fingerprint density at radius 3 is 2.71 bits per heavy atom. The molecule has 10 nitrogen and oxygen atoms in total. The number of nitrogens with one attached hydrogen (secondary N) is 1. The van der Waals surface area contributed by atoms with Crippen molar-refractivity contribution in [3.8, 4) is 0 Å². The average Bonchev–Trinajstić information content (AvgIpc) is 3.01. The Morgan fingerprint density at radius 2 is 2.10 bits per heavy atom. The first-order chi connectivity index (χ1) is 10.1. The molecule has 4 atom stereocenters. The van der Waals surface area contributed by atoms with E-state index in [-0.39, 0.29) is 22.3 Å². The Morgan fingerprint density at radius 1 is 1.33 bits per heavy atom. The van der Waals surface area contributed by atoms with E-state index in [1.165, 1.54) is 10.9 Å². The van der Waals surface area contributed by atoms with Gasteiger partial charge in [-0.1, -0.05) is 0 Å². The van der Waals surface area contributed by atoms with Crippen LogP contribution in [0.3, 0.4) is 0 Å². The molecule has 0 bridgehead atoms. The standard InChI is InChI=1S/C10H12ClN5O5/c11-10-13-7(15-20)4-8(14-10)16(2-12-4)9-6(19)5(18)3(1-17)21-9/h2-3,5-6,9,17-20H,1H2,(H,13,14,15)/t3-,5?,6?,9-/m1/s1. The average molecular weight is 318 g/mol. The molecule has 5 N–H and O–H groups in total. The molecule has 0 spiro atoms. The molecule has 0 radical (unpaired) electrons. The summed E-state index contributed by atoms with van der Waals surface area (Å²) in [6.45, 7) is -0.444. The fourth-order valence-electron chi connectivity index (χ4n) is 2.26. The van der Waals surface area contributed by atoms with E-state index in [1.54, 1.807) is 0 Å². The van der Waals surface area contributed by atoms with Crippen molar-refractivity contribution >= 4 is 28.6 Å². The summed E-state index contributed by atoms with van der Waals surface area (Å²) in [5.74, 6) is -0.00417. The zero-order chi connectivity index (χ0) is 15.1. The van der Waals surface area contributed by atoms with E-state index in [0.717, 1.165) is 0 Å². The second kappa shape index (κ2) is 5.33. The van der Waals surface area contributed by atoms with Gasteiger partial charge in [0.05, 0.1) is 12.9 Å². The first-order valence-corrected chi connectivity index (χ1v) is 6.37. The Bertz CT molecular complexity index is 667. The molecule has 0 aliphatic carbocycles. The fourth-order valence-corrected chi connectivity index (χ4v) is 2.43. The number of imidazole rings is 1. The summed E-state index contributed by atoms with van der Waals surface area (Å²) in [6, 6.07) is 0. The Balaban J connectivity index is 2.07. The van der Waals surface area contributed by atoms with Crippen molar-refractivity contribution in [1.29, 1.82) is 0 Å². The van der Waals surface area contributed by atoms with Crippen LogP contribution in [0.2, 0.25) is 5.28 Å². The van der Waals surface area contributed by atoms with Crippen LogP contribution in [0.1, 0.15) is 6.23 Å². The van der Waals surface area contributed by atoms with Crippen LogP contribution in [0.25, 0.3) is 11.2 Å². The molecule has 1 fully saturated rings. The molecule has 0 saturated carbocycles. The molecular formula is C10H12ClN5O5. The third-order valence-corrected chi connectivity index (χ3v) is 3.46. The summed E-state index contributed by atoms with van der Waals surface area (Å²) < 4.78 is 6.73. The normalized spacial score (nSPS) is 29.2. The van der Waals surface area contributed by atoms with Crippen molar-refractivity contribution in [3.05, 3.63) is 11.6 Å². The number of fused-ring (bicyclic) bond motifs is 1. The van der Waals surface area contributed by atoms with E-state index in [0.29, 0.717) is 0 Å². The van der Waals surface area contributed by atoms with Gasteiger partial charge in [0.25, 0.3) is 0 Å². The second-order valence-corrected chi connectivity index (χ2v) is 4.84. The van der Waals surface area contributed by atoms with Crippen molar-refractivity contribution in [2.75, 3.05) is 12.1 Å². The minimum Gasteiger partial charge on any atom is -0.394 e. The van der Waals surface area contributed by atoms with Gasteiger partial charge in [0, 0.05) is 0 Å². The summed E-state index contributed by atoms with van der Waals surface area (Å²) >= 11 is 5.75. The number of halogens is 1. The zero-order valence-corrected chi connectivity index (χ0v) is 11.2. The number of rotatable bonds is 3. The van der Waals surface area contributed by atoms with Gasteiger partial charge in [0.15, 0.2) is 23.2 Å². The quantitative estimate of drug-likeness (QED) is 0.351. The van der Waals surface area contributed by atoms with Gasteiger partial charge in [0.2, 0.25) is 5.28 Å². The lowest BCUT2D eigenvalue weighted by atomic mass is 10.1. The molecule has 2 unspecified atom stereocenters. The van der Waals surface area contributed by atoms with Gasteiger partial charge in [0.1, 0.15) is 18.3 Å². The van der Waals surface area contributed by atoms with Crippen LogP contribution < -0.4 is 5.48 Å². The largest absolute Gasteiger partial charge is 0.394 e. The van der Waals surface area contributed by atoms with Crippen molar-refractivity contribution in [2.45, 2.75) is 24.5 Å². The molecule has 11 heteroatoms. The Labute approximate surface area is 122 Å². The fraction of sp³-hybridized carbons (Fsp3) is 0.500. The van der Waals surface area contributed by atoms with E-state index in [2.05, 4.69) is 15.0 Å². The van der Waals surface area contributed by atoms with Crippen LogP contribution in [0.5, 0.6) is 0 Å². The molecular weight excluding hydrogens is 306 g/mol. The summed E-state index contributed by atoms with van der Waals surface area (Å²) in [4.78, 5) is 11.7. The van der Waals surface area contributed by atoms with Gasteiger partial charge in [-0.25, -0.2) is 4.98 Å². The summed E-state index contributed by atoms with van der Waals surface area (Å²) in [5, 5.41) is 37.7. The molecule has 0 aromatic carbocycles. The number of ether oxygens (including phenoxy) is 1. The molecule has 2 aromatic rings. The summed E-state index contributed by atoms with van der Waals surface area (Å²) in [6.07, 6.45) is -3.14. The maximum atomic E-state index is 10.0.